The van der Waals surface area contributed by atoms with Crippen molar-refractivity contribution in [1.29, 1.82) is 0 Å². The summed E-state index contributed by atoms with van der Waals surface area (Å²) < 4.78 is 17.6. The number of nitrogens with zero attached hydrogens (tertiary/aromatic N) is 6. The Bertz CT molecular complexity index is 1270. The first kappa shape index (κ1) is 22.2. The number of anilines is 1. The van der Waals surface area contributed by atoms with E-state index in [1.54, 1.807) is 41.2 Å². The van der Waals surface area contributed by atoms with Crippen LogP contribution in [0.15, 0.2) is 64.3 Å². The minimum atomic E-state index is -0.138. The summed E-state index contributed by atoms with van der Waals surface area (Å²) in [5.41, 5.74) is 2.05. The van der Waals surface area contributed by atoms with Crippen LogP contribution in [0.2, 0.25) is 0 Å². The van der Waals surface area contributed by atoms with Crippen molar-refractivity contribution < 1.29 is 14.0 Å². The molecule has 1 aromatic carbocycles. The largest absolute Gasteiger partial charge is 0.491 e. The topological polar surface area (TPSA) is 108 Å². The number of pyridine rings is 1. The fourth-order valence-corrected chi connectivity index (χ4v) is 3.08. The van der Waals surface area contributed by atoms with Crippen molar-refractivity contribution in [2.45, 2.75) is 6.54 Å². The first-order valence-corrected chi connectivity index (χ1v) is 10.3. The molecule has 0 N–H and O–H groups in total. The molecule has 0 spiro atoms. The van der Waals surface area contributed by atoms with Crippen molar-refractivity contribution in [2.75, 3.05) is 39.3 Å². The van der Waals surface area contributed by atoms with E-state index >= 15 is 0 Å². The number of hydrogen-bond acceptors (Lipinski definition) is 9. The predicted molar refractivity (Wildman–Crippen MR) is 122 cm³/mol. The van der Waals surface area contributed by atoms with Crippen LogP contribution >= 0.6 is 0 Å². The number of benzene rings is 1. The lowest BCUT2D eigenvalue weighted by molar-refractivity contribution is 0.146. The molecule has 0 aliphatic rings. The highest BCUT2D eigenvalue weighted by molar-refractivity contribution is 5.58. The molecule has 10 heteroatoms. The first-order valence-electron chi connectivity index (χ1n) is 10.3. The van der Waals surface area contributed by atoms with Crippen molar-refractivity contribution in [1.82, 2.24) is 24.7 Å². The van der Waals surface area contributed by atoms with Gasteiger partial charge in [0, 0.05) is 51.4 Å². The van der Waals surface area contributed by atoms with Crippen molar-refractivity contribution >= 4 is 5.95 Å². The molecule has 0 saturated carbocycles. The highest BCUT2D eigenvalue weighted by atomic mass is 16.5. The summed E-state index contributed by atoms with van der Waals surface area (Å²) in [6, 6.07) is 10.8. The molecular weight excluding hydrogens is 424 g/mol. The third-order valence-corrected chi connectivity index (χ3v) is 4.76. The lowest BCUT2D eigenvalue weighted by Gasteiger charge is -2.10. The first-order chi connectivity index (χ1) is 16.0. The molecule has 170 valence electrons. The number of methoxy groups -OCH3 is 1. The molecule has 0 atom stereocenters. The lowest BCUT2D eigenvalue weighted by Crippen LogP contribution is -2.19. The second-order valence-corrected chi connectivity index (χ2v) is 7.46. The van der Waals surface area contributed by atoms with Gasteiger partial charge in [0.15, 0.2) is 0 Å². The van der Waals surface area contributed by atoms with Crippen molar-refractivity contribution in [3.63, 3.8) is 0 Å². The zero-order valence-electron chi connectivity index (χ0n) is 18.6. The Hall–Kier alpha value is -4.05. The zero-order valence-corrected chi connectivity index (χ0v) is 18.6. The quantitative estimate of drug-likeness (QED) is 0.357. The number of ether oxygens (including phenoxy) is 2. The maximum atomic E-state index is 12.4. The van der Waals surface area contributed by atoms with Gasteiger partial charge in [-0.05, 0) is 23.8 Å². The van der Waals surface area contributed by atoms with Crippen LogP contribution in [0.4, 0.5) is 5.95 Å². The number of hydrogen-bond donors (Lipinski definition) is 0. The van der Waals surface area contributed by atoms with Crippen molar-refractivity contribution in [3.8, 4) is 28.6 Å². The number of rotatable bonds is 9. The van der Waals surface area contributed by atoms with Crippen LogP contribution in [0.3, 0.4) is 0 Å². The fourth-order valence-electron chi connectivity index (χ4n) is 3.08. The minimum Gasteiger partial charge on any atom is -0.491 e. The van der Waals surface area contributed by atoms with E-state index in [2.05, 4.69) is 20.1 Å². The molecule has 0 aliphatic heterocycles. The monoisotopic (exact) mass is 448 g/mol. The Kier molecular flexibility index (Phi) is 6.75. The second kappa shape index (κ2) is 10.0. The van der Waals surface area contributed by atoms with Crippen LogP contribution in [-0.2, 0) is 11.3 Å². The molecule has 0 aliphatic carbocycles. The fraction of sp³-hybridized carbons (Fsp3) is 0.261. The summed E-state index contributed by atoms with van der Waals surface area (Å²) in [6.45, 7) is 1.33. The van der Waals surface area contributed by atoms with Gasteiger partial charge in [0.05, 0.1) is 18.7 Å². The highest BCUT2D eigenvalue weighted by Gasteiger charge is 2.13. The van der Waals surface area contributed by atoms with Crippen LogP contribution in [0.1, 0.15) is 5.56 Å². The van der Waals surface area contributed by atoms with Gasteiger partial charge in [0.2, 0.25) is 11.8 Å². The van der Waals surface area contributed by atoms with Gasteiger partial charge in [0.25, 0.3) is 11.4 Å². The lowest BCUT2D eigenvalue weighted by atomic mass is 10.2. The highest BCUT2D eigenvalue weighted by Crippen LogP contribution is 2.22. The van der Waals surface area contributed by atoms with E-state index < -0.39 is 0 Å². The van der Waals surface area contributed by atoms with E-state index in [0.717, 1.165) is 11.3 Å². The van der Waals surface area contributed by atoms with Crippen LogP contribution in [0.5, 0.6) is 5.75 Å². The van der Waals surface area contributed by atoms with Crippen LogP contribution in [0, 0.1) is 0 Å². The third kappa shape index (κ3) is 5.42. The molecule has 3 aromatic heterocycles. The molecule has 0 unspecified atom stereocenters. The normalized spacial score (nSPS) is 10.9. The van der Waals surface area contributed by atoms with E-state index in [0.29, 0.717) is 48.5 Å². The summed E-state index contributed by atoms with van der Waals surface area (Å²) in [4.78, 5) is 27.2. The average Bonchev–Trinajstić information content (AvgIpc) is 3.31. The third-order valence-electron chi connectivity index (χ3n) is 4.76. The molecule has 0 radical (unpaired) electrons. The Morgan fingerprint density at radius 1 is 1.06 bits per heavy atom. The van der Waals surface area contributed by atoms with Crippen LogP contribution in [-0.4, -0.2) is 59.1 Å². The van der Waals surface area contributed by atoms with E-state index in [4.69, 9.17) is 14.0 Å². The van der Waals surface area contributed by atoms with Gasteiger partial charge in [-0.3, -0.25) is 4.79 Å². The molecule has 10 nitrogen and oxygen atoms in total. The smallest absolute Gasteiger partial charge is 0.261 e. The molecule has 0 saturated heterocycles. The molecule has 0 fully saturated rings. The Balaban J connectivity index is 1.53. The van der Waals surface area contributed by atoms with Crippen LogP contribution < -0.4 is 15.2 Å². The van der Waals surface area contributed by atoms with Gasteiger partial charge in [0.1, 0.15) is 12.4 Å². The Morgan fingerprint density at radius 2 is 1.88 bits per heavy atom. The molecule has 33 heavy (non-hydrogen) atoms. The molecule has 0 amide bonds. The maximum Gasteiger partial charge on any atom is 0.261 e. The molecule has 4 aromatic rings. The summed E-state index contributed by atoms with van der Waals surface area (Å²) in [6.07, 6.45) is 4.96. The van der Waals surface area contributed by atoms with Crippen molar-refractivity contribution in [2.24, 2.45) is 0 Å². The van der Waals surface area contributed by atoms with E-state index in [1.165, 1.54) is 6.07 Å². The van der Waals surface area contributed by atoms with Gasteiger partial charge < -0.3 is 23.5 Å². The molecule has 0 bridgehead atoms. The minimum absolute atomic E-state index is 0.138. The predicted octanol–water partition coefficient (Wildman–Crippen LogP) is 2.49. The standard InChI is InChI=1S/C23H24N6O4/c1-28(2)23-24-12-18(13-25-23)22-26-21(27-33-22)17-7-8-20(30)29(15-17)14-16-5-4-6-19(11-16)32-10-9-31-3/h4-8,11-13,15H,9-10,14H2,1-3H3. The van der Waals surface area contributed by atoms with Crippen LogP contribution in [0.25, 0.3) is 22.8 Å². The van der Waals surface area contributed by atoms with E-state index in [9.17, 15) is 4.79 Å². The molecular formula is C23H24N6O4. The molecule has 4 rings (SSSR count). The summed E-state index contributed by atoms with van der Waals surface area (Å²) in [5.74, 6) is 1.97. The van der Waals surface area contributed by atoms with Gasteiger partial charge in [-0.15, -0.1) is 0 Å². The Morgan fingerprint density at radius 3 is 2.64 bits per heavy atom. The van der Waals surface area contributed by atoms with E-state index in [1.807, 2.05) is 38.4 Å². The summed E-state index contributed by atoms with van der Waals surface area (Å²) in [5, 5.41) is 4.05. The average molecular weight is 448 g/mol. The zero-order chi connectivity index (χ0) is 23.2. The summed E-state index contributed by atoms with van der Waals surface area (Å²) >= 11 is 0. The summed E-state index contributed by atoms with van der Waals surface area (Å²) in [7, 11) is 5.35. The maximum absolute atomic E-state index is 12.4. The van der Waals surface area contributed by atoms with Gasteiger partial charge in [-0.1, -0.05) is 17.3 Å². The Labute approximate surface area is 190 Å². The van der Waals surface area contributed by atoms with Crippen molar-refractivity contribution in [3.05, 3.63) is 70.9 Å². The van der Waals surface area contributed by atoms with E-state index in [-0.39, 0.29) is 5.56 Å². The van der Waals surface area contributed by atoms with Gasteiger partial charge in [-0.2, -0.15) is 4.98 Å². The molecule has 3 heterocycles. The van der Waals surface area contributed by atoms with Gasteiger partial charge >= 0.3 is 0 Å². The second-order valence-electron chi connectivity index (χ2n) is 7.46. The SMILES string of the molecule is COCCOc1cccc(Cn2cc(-c3noc(-c4cnc(N(C)C)nc4)n3)ccc2=O)c1. The number of aromatic nitrogens is 5. The van der Waals surface area contributed by atoms with Gasteiger partial charge in [-0.25, -0.2) is 9.97 Å².